The summed E-state index contributed by atoms with van der Waals surface area (Å²) in [7, 11) is 1.55. The number of rotatable bonds is 9. The monoisotopic (exact) mass is 544 g/mol. The Morgan fingerprint density at radius 1 is 1.29 bits per heavy atom. The van der Waals surface area contributed by atoms with Crippen LogP contribution in [0.25, 0.3) is 0 Å². The molecule has 2 bridgehead atoms. The lowest BCUT2D eigenvalue weighted by Crippen LogP contribution is -2.59. The molecule has 4 aliphatic heterocycles. The smallest absolute Gasteiger partial charge is 0.245 e. The molecule has 10 nitrogen and oxygen atoms in total. The highest BCUT2D eigenvalue weighted by atomic mass is 79.9. The fraction of sp³-hybridized carbons (Fsp3) is 0.870. The third-order valence-electron chi connectivity index (χ3n) is 8.20. The van der Waals surface area contributed by atoms with Gasteiger partial charge in [-0.2, -0.15) is 0 Å². The van der Waals surface area contributed by atoms with Crippen molar-refractivity contribution in [2.75, 3.05) is 53.0 Å². The molecule has 4 fully saturated rings. The van der Waals surface area contributed by atoms with Gasteiger partial charge in [-0.05, 0) is 12.3 Å². The van der Waals surface area contributed by atoms with Gasteiger partial charge in [-0.15, -0.1) is 0 Å². The van der Waals surface area contributed by atoms with E-state index >= 15 is 0 Å². The maximum absolute atomic E-state index is 13.9. The van der Waals surface area contributed by atoms with Gasteiger partial charge in [-0.1, -0.05) is 36.2 Å². The maximum Gasteiger partial charge on any atom is 0.245 e. The van der Waals surface area contributed by atoms with E-state index in [1.54, 1.807) is 11.9 Å². The van der Waals surface area contributed by atoms with Crippen LogP contribution in [0.3, 0.4) is 0 Å². The van der Waals surface area contributed by atoms with Crippen LogP contribution in [0.1, 0.15) is 26.7 Å². The number of carbonyl (C=O) groups is 3. The number of nitrogens with zero attached hydrogens (tertiary/aromatic N) is 2. The molecule has 4 heterocycles. The van der Waals surface area contributed by atoms with E-state index in [4.69, 9.17) is 9.47 Å². The SMILES string of the molecule is CC[C@H](C)[C@H](CO)N1C(=O)[C@@H]2[C@H](C(=O)NC)[C@H]3OC2(CC3Br)C1C(=O)NCCN1CCOCC1. The van der Waals surface area contributed by atoms with Gasteiger partial charge in [-0.3, -0.25) is 19.3 Å². The van der Waals surface area contributed by atoms with Gasteiger partial charge in [-0.25, -0.2) is 0 Å². The molecule has 0 aromatic carbocycles. The Kier molecular flexibility index (Phi) is 7.88. The second kappa shape index (κ2) is 10.4. The molecule has 3 amide bonds. The van der Waals surface area contributed by atoms with Gasteiger partial charge in [0.1, 0.15) is 11.6 Å². The maximum atomic E-state index is 13.9. The molecule has 0 aliphatic carbocycles. The lowest BCUT2D eigenvalue weighted by molar-refractivity contribution is -0.147. The van der Waals surface area contributed by atoms with Crippen molar-refractivity contribution in [1.82, 2.24) is 20.4 Å². The fourth-order valence-corrected chi connectivity index (χ4v) is 7.21. The van der Waals surface area contributed by atoms with E-state index in [1.165, 1.54) is 0 Å². The molecule has 34 heavy (non-hydrogen) atoms. The van der Waals surface area contributed by atoms with Gasteiger partial charge < -0.3 is 30.1 Å². The van der Waals surface area contributed by atoms with E-state index in [-0.39, 0.29) is 35.1 Å². The highest BCUT2D eigenvalue weighted by molar-refractivity contribution is 9.09. The van der Waals surface area contributed by atoms with Crippen molar-refractivity contribution in [3.63, 3.8) is 0 Å². The zero-order valence-electron chi connectivity index (χ0n) is 20.2. The van der Waals surface area contributed by atoms with Crippen molar-refractivity contribution < 1.29 is 29.0 Å². The molecule has 192 valence electrons. The summed E-state index contributed by atoms with van der Waals surface area (Å²) in [5, 5.41) is 16.0. The Balaban J connectivity index is 1.63. The highest BCUT2D eigenvalue weighted by Gasteiger charge is 2.77. The Labute approximate surface area is 209 Å². The van der Waals surface area contributed by atoms with Crippen LogP contribution in [-0.2, 0) is 23.9 Å². The van der Waals surface area contributed by atoms with Gasteiger partial charge in [0.2, 0.25) is 17.7 Å². The number of nitrogens with one attached hydrogen (secondary N) is 2. The van der Waals surface area contributed by atoms with Crippen LogP contribution in [0.15, 0.2) is 0 Å². The predicted octanol–water partition coefficient (Wildman–Crippen LogP) is -0.664. The van der Waals surface area contributed by atoms with Crippen LogP contribution in [0.4, 0.5) is 0 Å². The number of hydrogen-bond donors (Lipinski definition) is 3. The van der Waals surface area contributed by atoms with Gasteiger partial charge in [0.15, 0.2) is 0 Å². The molecular formula is C23H37BrN4O6. The largest absolute Gasteiger partial charge is 0.394 e. The Hall–Kier alpha value is -1.27. The molecule has 4 rings (SSSR count). The van der Waals surface area contributed by atoms with Crippen molar-refractivity contribution >= 4 is 33.7 Å². The van der Waals surface area contributed by atoms with Crippen LogP contribution >= 0.6 is 15.9 Å². The number of carbonyl (C=O) groups excluding carboxylic acids is 3. The van der Waals surface area contributed by atoms with E-state index in [9.17, 15) is 19.5 Å². The lowest BCUT2D eigenvalue weighted by atomic mass is 9.70. The molecule has 11 heteroatoms. The number of likely N-dealkylation sites (tertiary alicyclic amines) is 1. The molecular weight excluding hydrogens is 508 g/mol. The summed E-state index contributed by atoms with van der Waals surface area (Å²) in [5.41, 5.74) is -1.10. The zero-order chi connectivity index (χ0) is 24.6. The van der Waals surface area contributed by atoms with Gasteiger partial charge in [0, 0.05) is 38.1 Å². The molecule has 0 aromatic heterocycles. The molecule has 4 aliphatic rings. The number of aliphatic hydroxyl groups excluding tert-OH is 1. The van der Waals surface area contributed by atoms with Crippen molar-refractivity contribution in [2.24, 2.45) is 17.8 Å². The highest BCUT2D eigenvalue weighted by Crippen LogP contribution is 2.60. The van der Waals surface area contributed by atoms with E-state index in [0.717, 1.165) is 19.5 Å². The molecule has 0 radical (unpaired) electrons. The van der Waals surface area contributed by atoms with Crippen LogP contribution < -0.4 is 10.6 Å². The molecule has 3 unspecified atom stereocenters. The first-order chi connectivity index (χ1) is 16.3. The van der Waals surface area contributed by atoms with Crippen molar-refractivity contribution in [3.05, 3.63) is 0 Å². The number of alkyl halides is 1. The summed E-state index contributed by atoms with van der Waals surface area (Å²) in [6, 6.07) is -1.44. The summed E-state index contributed by atoms with van der Waals surface area (Å²) in [4.78, 5) is 44.1. The van der Waals surface area contributed by atoms with Crippen LogP contribution in [0.5, 0.6) is 0 Å². The Morgan fingerprint density at radius 3 is 2.62 bits per heavy atom. The first-order valence-electron chi connectivity index (χ1n) is 12.3. The minimum Gasteiger partial charge on any atom is -0.394 e. The number of amides is 3. The van der Waals surface area contributed by atoms with Crippen LogP contribution in [-0.4, -0.2) is 114 Å². The second-order valence-electron chi connectivity index (χ2n) is 9.90. The summed E-state index contributed by atoms with van der Waals surface area (Å²) in [5.74, 6) is -2.28. The summed E-state index contributed by atoms with van der Waals surface area (Å²) < 4.78 is 11.8. The standard InChI is InChI=1S/C23H37BrN4O6/c1-4-13(2)15(12-29)28-19(21(31)26-5-6-27-7-9-33-10-8-27)23-11-14(24)18(34-23)16(20(30)25-3)17(23)22(28)32/h13-19,29H,4-12H2,1-3H3,(H,25,30)(H,26,31)/t13-,14?,15-,16-,17-,18-,19?,23?/m0/s1. The molecule has 1 spiro atoms. The third kappa shape index (κ3) is 4.17. The molecule has 3 N–H and O–H groups in total. The molecule has 4 saturated heterocycles. The van der Waals surface area contributed by atoms with Gasteiger partial charge >= 0.3 is 0 Å². The van der Waals surface area contributed by atoms with Crippen LogP contribution in [0, 0.1) is 17.8 Å². The van der Waals surface area contributed by atoms with Crippen LogP contribution in [0.2, 0.25) is 0 Å². The Morgan fingerprint density at radius 2 is 2.00 bits per heavy atom. The fourth-order valence-electron chi connectivity index (χ4n) is 6.26. The number of ether oxygens (including phenoxy) is 2. The lowest BCUT2D eigenvalue weighted by Gasteiger charge is -2.39. The van der Waals surface area contributed by atoms with E-state index in [0.29, 0.717) is 32.7 Å². The number of aliphatic hydroxyl groups is 1. The normalized spacial score (nSPS) is 36.9. The average Bonchev–Trinajstić information content (AvgIpc) is 3.43. The Bertz CT molecular complexity index is 795. The summed E-state index contributed by atoms with van der Waals surface area (Å²) in [6.07, 6.45) is 0.718. The molecule has 0 saturated carbocycles. The number of fused-ring (bicyclic) bond motifs is 1. The molecule has 8 atom stereocenters. The second-order valence-corrected chi connectivity index (χ2v) is 11.1. The van der Waals surface area contributed by atoms with E-state index < -0.39 is 35.6 Å². The third-order valence-corrected chi connectivity index (χ3v) is 9.05. The topological polar surface area (TPSA) is 120 Å². The predicted molar refractivity (Wildman–Crippen MR) is 127 cm³/mol. The zero-order valence-corrected chi connectivity index (χ0v) is 21.8. The van der Waals surface area contributed by atoms with Crippen molar-refractivity contribution in [2.45, 2.75) is 55.3 Å². The average molecular weight is 545 g/mol. The number of halogens is 1. The minimum absolute atomic E-state index is 0.0248. The van der Waals surface area contributed by atoms with E-state index in [1.807, 2.05) is 13.8 Å². The van der Waals surface area contributed by atoms with Crippen molar-refractivity contribution in [1.29, 1.82) is 0 Å². The summed E-state index contributed by atoms with van der Waals surface area (Å²) >= 11 is 3.65. The number of hydrogen-bond acceptors (Lipinski definition) is 7. The molecule has 0 aromatic rings. The quantitative estimate of drug-likeness (QED) is 0.329. The van der Waals surface area contributed by atoms with Crippen molar-refractivity contribution in [3.8, 4) is 0 Å². The first-order valence-corrected chi connectivity index (χ1v) is 13.3. The first kappa shape index (κ1) is 25.8. The van der Waals surface area contributed by atoms with Gasteiger partial charge in [0.25, 0.3) is 0 Å². The van der Waals surface area contributed by atoms with Gasteiger partial charge in [0.05, 0.1) is 43.8 Å². The summed E-state index contributed by atoms with van der Waals surface area (Å²) in [6.45, 7) is 7.83. The van der Waals surface area contributed by atoms with E-state index in [2.05, 4.69) is 31.5 Å². The minimum atomic E-state index is -1.10. The number of morpholine rings is 1.